The Morgan fingerprint density at radius 1 is 1.45 bits per heavy atom. The zero-order valence-corrected chi connectivity index (χ0v) is 14.3. The lowest BCUT2D eigenvalue weighted by molar-refractivity contribution is 0.0730. The van der Waals surface area contributed by atoms with Gasteiger partial charge in [0.05, 0.1) is 22.7 Å². The fourth-order valence-electron chi connectivity index (χ4n) is 3.23. The summed E-state index contributed by atoms with van der Waals surface area (Å²) in [7, 11) is 1.66. The first-order chi connectivity index (χ1) is 9.67. The van der Waals surface area contributed by atoms with Gasteiger partial charge >= 0.3 is 0 Å². The standard InChI is InChI=1S/C14H17Br2NO3/c1-19-11-2-10(15)14-12(13(11)16)8-4-17-3-7(5-18)9(8)6-20-14/h2,7-9,17-18H,3-6H2,1H3/t7-,8-,9-/m1/s1. The summed E-state index contributed by atoms with van der Waals surface area (Å²) in [6.45, 7) is 2.59. The van der Waals surface area contributed by atoms with Crippen LogP contribution in [0.3, 0.4) is 0 Å². The highest BCUT2D eigenvalue weighted by atomic mass is 79.9. The maximum absolute atomic E-state index is 9.56. The van der Waals surface area contributed by atoms with Crippen LogP contribution in [0.4, 0.5) is 0 Å². The van der Waals surface area contributed by atoms with Gasteiger partial charge in [-0.05, 0) is 37.9 Å². The zero-order valence-electron chi connectivity index (χ0n) is 11.2. The van der Waals surface area contributed by atoms with Crippen molar-refractivity contribution in [2.45, 2.75) is 5.92 Å². The minimum atomic E-state index is 0.190. The van der Waals surface area contributed by atoms with Gasteiger partial charge in [0.15, 0.2) is 0 Å². The largest absolute Gasteiger partial charge is 0.496 e. The molecule has 0 amide bonds. The van der Waals surface area contributed by atoms with E-state index in [9.17, 15) is 5.11 Å². The predicted octanol–water partition coefficient (Wildman–Crippen LogP) is 2.52. The maximum atomic E-state index is 9.56. The Kier molecular flexibility index (Phi) is 4.26. The van der Waals surface area contributed by atoms with Crippen LogP contribution in [0.2, 0.25) is 0 Å². The number of piperidine rings is 1. The number of ether oxygens (including phenoxy) is 2. The van der Waals surface area contributed by atoms with Crippen molar-refractivity contribution in [2.75, 3.05) is 33.4 Å². The summed E-state index contributed by atoms with van der Waals surface area (Å²) in [5, 5.41) is 13.0. The van der Waals surface area contributed by atoms with Crippen molar-refractivity contribution in [2.24, 2.45) is 11.8 Å². The molecule has 1 saturated heterocycles. The third-order valence-corrected chi connectivity index (χ3v) is 5.72. The molecule has 4 nitrogen and oxygen atoms in total. The molecular weight excluding hydrogens is 390 g/mol. The molecule has 20 heavy (non-hydrogen) atoms. The van der Waals surface area contributed by atoms with E-state index in [1.165, 1.54) is 0 Å². The summed E-state index contributed by atoms with van der Waals surface area (Å²) >= 11 is 7.21. The highest BCUT2D eigenvalue weighted by Gasteiger charge is 2.41. The molecule has 6 heteroatoms. The summed E-state index contributed by atoms with van der Waals surface area (Å²) in [5.41, 5.74) is 1.14. The molecule has 0 unspecified atom stereocenters. The Balaban J connectivity index is 2.09. The summed E-state index contributed by atoms with van der Waals surface area (Å²) in [4.78, 5) is 0. The summed E-state index contributed by atoms with van der Waals surface area (Å²) in [6, 6.07) is 1.92. The molecule has 0 saturated carbocycles. The second kappa shape index (κ2) is 5.83. The fourth-order valence-corrected chi connectivity index (χ4v) is 4.52. The summed E-state index contributed by atoms with van der Waals surface area (Å²) < 4.78 is 13.3. The van der Waals surface area contributed by atoms with Crippen LogP contribution in [0.25, 0.3) is 0 Å². The number of halogens is 2. The molecule has 0 radical (unpaired) electrons. The number of fused-ring (bicyclic) bond motifs is 3. The molecule has 2 aliphatic rings. The third-order valence-electron chi connectivity index (χ3n) is 4.31. The van der Waals surface area contributed by atoms with Gasteiger partial charge in [-0.25, -0.2) is 0 Å². The van der Waals surface area contributed by atoms with Gasteiger partial charge in [-0.15, -0.1) is 0 Å². The van der Waals surface area contributed by atoms with Crippen LogP contribution in [0, 0.1) is 11.8 Å². The second-order valence-electron chi connectivity index (χ2n) is 5.30. The van der Waals surface area contributed by atoms with E-state index in [0.717, 1.165) is 39.1 Å². The van der Waals surface area contributed by atoms with Crippen LogP contribution >= 0.6 is 31.9 Å². The number of aliphatic hydroxyl groups is 1. The first-order valence-corrected chi connectivity index (χ1v) is 8.26. The lowest BCUT2D eigenvalue weighted by atomic mass is 9.74. The summed E-state index contributed by atoms with van der Waals surface area (Å²) in [5.74, 6) is 2.58. The number of benzene rings is 1. The van der Waals surface area contributed by atoms with Crippen LogP contribution in [0.15, 0.2) is 15.0 Å². The minimum absolute atomic E-state index is 0.190. The molecule has 0 bridgehead atoms. The normalized spacial score (nSPS) is 28.3. The minimum Gasteiger partial charge on any atom is -0.496 e. The second-order valence-corrected chi connectivity index (χ2v) is 6.95. The van der Waals surface area contributed by atoms with E-state index in [4.69, 9.17) is 9.47 Å². The molecule has 0 aliphatic carbocycles. The number of methoxy groups -OCH3 is 1. The van der Waals surface area contributed by atoms with Crippen molar-refractivity contribution < 1.29 is 14.6 Å². The van der Waals surface area contributed by atoms with Crippen molar-refractivity contribution >= 4 is 31.9 Å². The fraction of sp³-hybridized carbons (Fsp3) is 0.571. The van der Waals surface area contributed by atoms with Gasteiger partial charge in [0.25, 0.3) is 0 Å². The highest BCUT2D eigenvalue weighted by Crippen LogP contribution is 2.50. The Labute approximate surface area is 135 Å². The molecule has 2 N–H and O–H groups in total. The van der Waals surface area contributed by atoms with E-state index in [1.807, 2.05) is 6.07 Å². The SMILES string of the molecule is COc1cc(Br)c2c(c1Br)[C@@H]1CNC[C@H](CO)[C@H]1CO2. The van der Waals surface area contributed by atoms with Crippen molar-refractivity contribution in [1.82, 2.24) is 5.32 Å². The van der Waals surface area contributed by atoms with Crippen molar-refractivity contribution in [3.8, 4) is 11.5 Å². The Bertz CT molecular complexity index is 524. The first-order valence-electron chi connectivity index (χ1n) is 6.67. The lowest BCUT2D eigenvalue weighted by Crippen LogP contribution is -2.47. The van der Waals surface area contributed by atoms with Gasteiger partial charge in [0.2, 0.25) is 0 Å². The van der Waals surface area contributed by atoms with Crippen LogP contribution in [0.5, 0.6) is 11.5 Å². The molecule has 2 aliphatic heterocycles. The molecule has 110 valence electrons. The number of hydrogen-bond donors (Lipinski definition) is 2. The van der Waals surface area contributed by atoms with Gasteiger partial charge in [-0.3, -0.25) is 0 Å². The van der Waals surface area contributed by atoms with E-state index in [1.54, 1.807) is 7.11 Å². The van der Waals surface area contributed by atoms with Gasteiger partial charge in [-0.1, -0.05) is 0 Å². The monoisotopic (exact) mass is 405 g/mol. The molecule has 3 rings (SSSR count). The Morgan fingerprint density at radius 3 is 2.95 bits per heavy atom. The quantitative estimate of drug-likeness (QED) is 0.792. The van der Waals surface area contributed by atoms with Gasteiger partial charge in [0, 0.05) is 43.0 Å². The zero-order chi connectivity index (χ0) is 14.3. The van der Waals surface area contributed by atoms with Crippen LogP contribution in [-0.2, 0) is 0 Å². The van der Waals surface area contributed by atoms with E-state index in [0.29, 0.717) is 18.4 Å². The number of rotatable bonds is 2. The average Bonchev–Trinajstić information content (AvgIpc) is 2.49. The van der Waals surface area contributed by atoms with Gasteiger partial charge < -0.3 is 19.9 Å². The first kappa shape index (κ1) is 14.6. The van der Waals surface area contributed by atoms with Crippen LogP contribution in [0.1, 0.15) is 11.5 Å². The van der Waals surface area contributed by atoms with E-state index < -0.39 is 0 Å². The molecular formula is C14H17Br2NO3. The third kappa shape index (κ3) is 2.26. The Hall–Kier alpha value is -0.300. The molecule has 3 atom stereocenters. The van der Waals surface area contributed by atoms with Gasteiger partial charge in [0.1, 0.15) is 11.5 Å². The number of hydrogen-bond acceptors (Lipinski definition) is 4. The van der Waals surface area contributed by atoms with E-state index in [2.05, 4.69) is 37.2 Å². The molecule has 2 heterocycles. The number of aliphatic hydroxyl groups excluding tert-OH is 1. The van der Waals surface area contributed by atoms with Crippen molar-refractivity contribution in [1.29, 1.82) is 0 Å². The van der Waals surface area contributed by atoms with E-state index >= 15 is 0 Å². The molecule has 1 aromatic carbocycles. The predicted molar refractivity (Wildman–Crippen MR) is 83.6 cm³/mol. The van der Waals surface area contributed by atoms with E-state index in [-0.39, 0.29) is 12.5 Å². The molecule has 1 fully saturated rings. The molecule has 0 aromatic heterocycles. The molecule has 1 aromatic rings. The van der Waals surface area contributed by atoms with Crippen LogP contribution < -0.4 is 14.8 Å². The van der Waals surface area contributed by atoms with Crippen molar-refractivity contribution in [3.05, 3.63) is 20.6 Å². The van der Waals surface area contributed by atoms with Crippen LogP contribution in [-0.4, -0.2) is 38.5 Å². The lowest BCUT2D eigenvalue weighted by Gasteiger charge is -2.42. The highest BCUT2D eigenvalue weighted by molar-refractivity contribution is 9.11. The topological polar surface area (TPSA) is 50.7 Å². The summed E-state index contributed by atoms with van der Waals surface area (Å²) in [6.07, 6.45) is 0. The smallest absolute Gasteiger partial charge is 0.138 e. The number of nitrogens with one attached hydrogen (secondary N) is 1. The molecule has 0 spiro atoms. The van der Waals surface area contributed by atoms with Gasteiger partial charge in [-0.2, -0.15) is 0 Å². The Morgan fingerprint density at radius 2 is 2.25 bits per heavy atom. The average molecular weight is 407 g/mol. The maximum Gasteiger partial charge on any atom is 0.138 e. The van der Waals surface area contributed by atoms with Crippen molar-refractivity contribution in [3.63, 3.8) is 0 Å².